The van der Waals surface area contributed by atoms with Gasteiger partial charge in [-0.05, 0) is 47.9 Å². The van der Waals surface area contributed by atoms with Gasteiger partial charge in [0.2, 0.25) is 5.65 Å². The zero-order chi connectivity index (χ0) is 14.2. The lowest BCUT2D eigenvalue weighted by Gasteiger charge is -2.12. The van der Waals surface area contributed by atoms with Crippen LogP contribution in [0.2, 0.25) is 0 Å². The Morgan fingerprint density at radius 3 is 3.24 bits per heavy atom. The monoisotopic (exact) mass is 284 g/mol. The number of hydrogen-bond acceptors (Lipinski definition) is 6. The van der Waals surface area contributed by atoms with Crippen molar-refractivity contribution in [2.45, 2.75) is 25.9 Å². The van der Waals surface area contributed by atoms with Crippen LogP contribution in [0.5, 0.6) is 0 Å². The predicted molar refractivity (Wildman–Crippen MR) is 78.3 cm³/mol. The number of aryl methyl sites for hydroxylation is 1. The molecule has 3 heterocycles. The van der Waals surface area contributed by atoms with Gasteiger partial charge < -0.3 is 10.1 Å². The number of nitrogens with zero attached hydrogens (tertiary/aromatic N) is 5. The number of aromatic nitrogens is 5. The quantitative estimate of drug-likeness (QED) is 0.786. The second-order valence-corrected chi connectivity index (χ2v) is 5.38. The third-order valence-electron chi connectivity index (χ3n) is 3.79. The minimum absolute atomic E-state index is 0.247. The first-order valence-electron chi connectivity index (χ1n) is 7.15. The lowest BCUT2D eigenvalue weighted by atomic mass is 10.2. The highest BCUT2D eigenvalue weighted by Crippen LogP contribution is 2.21. The maximum absolute atomic E-state index is 5.62. The molecule has 0 saturated carbocycles. The fourth-order valence-corrected chi connectivity index (χ4v) is 2.70. The van der Waals surface area contributed by atoms with Crippen molar-refractivity contribution in [1.29, 1.82) is 0 Å². The third-order valence-corrected chi connectivity index (χ3v) is 3.79. The highest BCUT2D eigenvalue weighted by molar-refractivity contribution is 5.82. The standard InChI is InChI=1S/C14H16N6O/c1-9-4-5-11-12(7-9)20-14(17-18-19-20)13(16-11)15-8-10-3-2-6-21-10/h4-5,7,10H,2-3,6,8H2,1H3,(H,15,16). The maximum Gasteiger partial charge on any atom is 0.222 e. The second kappa shape index (κ2) is 4.92. The van der Waals surface area contributed by atoms with Gasteiger partial charge in [-0.1, -0.05) is 6.07 Å². The molecule has 21 heavy (non-hydrogen) atoms. The number of benzene rings is 1. The second-order valence-electron chi connectivity index (χ2n) is 5.38. The minimum Gasteiger partial charge on any atom is -0.376 e. The Morgan fingerprint density at radius 1 is 1.43 bits per heavy atom. The number of fused-ring (bicyclic) bond motifs is 3. The maximum atomic E-state index is 5.62. The summed E-state index contributed by atoms with van der Waals surface area (Å²) in [7, 11) is 0. The highest BCUT2D eigenvalue weighted by atomic mass is 16.5. The number of ether oxygens (including phenoxy) is 1. The first kappa shape index (κ1) is 12.5. The topological polar surface area (TPSA) is 77.2 Å². The molecule has 0 bridgehead atoms. The van der Waals surface area contributed by atoms with Crippen molar-refractivity contribution in [3.05, 3.63) is 23.8 Å². The van der Waals surface area contributed by atoms with Crippen LogP contribution >= 0.6 is 0 Å². The Labute approximate surface area is 121 Å². The van der Waals surface area contributed by atoms with Crippen LogP contribution < -0.4 is 5.32 Å². The van der Waals surface area contributed by atoms with E-state index in [1.807, 2.05) is 25.1 Å². The molecule has 1 unspecified atom stereocenters. The third kappa shape index (κ3) is 2.19. The average Bonchev–Trinajstić information content (AvgIpc) is 3.16. The summed E-state index contributed by atoms with van der Waals surface area (Å²) >= 11 is 0. The molecule has 1 fully saturated rings. The normalized spacial score (nSPS) is 18.6. The van der Waals surface area contributed by atoms with E-state index in [0.717, 1.165) is 42.6 Å². The summed E-state index contributed by atoms with van der Waals surface area (Å²) in [6.45, 7) is 3.62. The molecule has 1 N–H and O–H groups in total. The molecule has 0 amide bonds. The van der Waals surface area contributed by atoms with Gasteiger partial charge in [0.1, 0.15) is 0 Å². The summed E-state index contributed by atoms with van der Waals surface area (Å²) < 4.78 is 7.35. The molecular weight excluding hydrogens is 268 g/mol. The molecule has 0 spiro atoms. The molecule has 1 aliphatic heterocycles. The van der Waals surface area contributed by atoms with Crippen LogP contribution in [0.4, 0.5) is 5.82 Å². The SMILES string of the molecule is Cc1ccc2nc(NCC3CCCO3)c3nnnn3c2c1. The van der Waals surface area contributed by atoms with Gasteiger partial charge in [-0.3, -0.25) is 0 Å². The van der Waals surface area contributed by atoms with Crippen LogP contribution in [0.15, 0.2) is 18.2 Å². The van der Waals surface area contributed by atoms with E-state index in [-0.39, 0.29) is 6.10 Å². The summed E-state index contributed by atoms with van der Waals surface area (Å²) in [5.41, 5.74) is 3.58. The molecule has 7 nitrogen and oxygen atoms in total. The summed E-state index contributed by atoms with van der Waals surface area (Å²) in [6, 6.07) is 6.06. The van der Waals surface area contributed by atoms with Crippen molar-refractivity contribution in [1.82, 2.24) is 25.0 Å². The number of rotatable bonds is 3. The van der Waals surface area contributed by atoms with Crippen molar-refractivity contribution in [3.63, 3.8) is 0 Å². The van der Waals surface area contributed by atoms with E-state index in [1.54, 1.807) is 4.52 Å². The fourth-order valence-electron chi connectivity index (χ4n) is 2.70. The van der Waals surface area contributed by atoms with E-state index >= 15 is 0 Å². The van der Waals surface area contributed by atoms with Crippen LogP contribution in [-0.4, -0.2) is 44.3 Å². The fraction of sp³-hybridized carbons (Fsp3) is 0.429. The number of nitrogens with one attached hydrogen (secondary N) is 1. The summed E-state index contributed by atoms with van der Waals surface area (Å²) in [4.78, 5) is 4.65. The molecule has 1 atom stereocenters. The van der Waals surface area contributed by atoms with E-state index in [1.165, 1.54) is 0 Å². The van der Waals surface area contributed by atoms with Crippen molar-refractivity contribution in [3.8, 4) is 0 Å². The minimum atomic E-state index is 0.247. The van der Waals surface area contributed by atoms with Crippen LogP contribution in [-0.2, 0) is 4.74 Å². The Bertz CT molecular complexity index is 793. The Kier molecular flexibility index (Phi) is 2.92. The number of anilines is 1. The van der Waals surface area contributed by atoms with Gasteiger partial charge in [-0.2, -0.15) is 4.52 Å². The molecule has 1 aliphatic rings. The largest absolute Gasteiger partial charge is 0.376 e. The molecule has 1 saturated heterocycles. The lowest BCUT2D eigenvalue weighted by Crippen LogP contribution is -2.19. The van der Waals surface area contributed by atoms with Crippen molar-refractivity contribution < 1.29 is 4.74 Å². The van der Waals surface area contributed by atoms with E-state index in [0.29, 0.717) is 11.5 Å². The highest BCUT2D eigenvalue weighted by Gasteiger charge is 2.17. The average molecular weight is 284 g/mol. The van der Waals surface area contributed by atoms with E-state index in [4.69, 9.17) is 4.74 Å². The zero-order valence-electron chi connectivity index (χ0n) is 11.8. The van der Waals surface area contributed by atoms with E-state index < -0.39 is 0 Å². The molecular formula is C14H16N6O. The van der Waals surface area contributed by atoms with Gasteiger partial charge >= 0.3 is 0 Å². The van der Waals surface area contributed by atoms with Gasteiger partial charge in [-0.25, -0.2) is 4.98 Å². The van der Waals surface area contributed by atoms with Gasteiger partial charge in [0.05, 0.1) is 17.1 Å². The van der Waals surface area contributed by atoms with Crippen LogP contribution in [0.25, 0.3) is 16.7 Å². The van der Waals surface area contributed by atoms with E-state index in [9.17, 15) is 0 Å². The van der Waals surface area contributed by atoms with Gasteiger partial charge in [-0.15, -0.1) is 5.10 Å². The number of tetrazole rings is 1. The molecule has 0 radical (unpaired) electrons. The van der Waals surface area contributed by atoms with E-state index in [2.05, 4.69) is 25.8 Å². The molecule has 7 heteroatoms. The van der Waals surface area contributed by atoms with Gasteiger partial charge in [0.25, 0.3) is 0 Å². The first-order chi connectivity index (χ1) is 10.3. The molecule has 2 aromatic heterocycles. The Morgan fingerprint density at radius 2 is 2.38 bits per heavy atom. The molecule has 0 aliphatic carbocycles. The molecule has 4 rings (SSSR count). The van der Waals surface area contributed by atoms with Crippen LogP contribution in [0.3, 0.4) is 0 Å². The van der Waals surface area contributed by atoms with Crippen LogP contribution in [0, 0.1) is 6.92 Å². The summed E-state index contributed by atoms with van der Waals surface area (Å²) in [5, 5.41) is 15.2. The Hall–Kier alpha value is -2.28. The zero-order valence-corrected chi connectivity index (χ0v) is 11.8. The predicted octanol–water partition coefficient (Wildman–Crippen LogP) is 1.57. The first-order valence-corrected chi connectivity index (χ1v) is 7.15. The van der Waals surface area contributed by atoms with Crippen molar-refractivity contribution in [2.75, 3.05) is 18.5 Å². The summed E-state index contributed by atoms with van der Waals surface area (Å²) in [6.07, 6.45) is 2.45. The van der Waals surface area contributed by atoms with Gasteiger partial charge in [0, 0.05) is 13.2 Å². The van der Waals surface area contributed by atoms with Crippen molar-refractivity contribution in [2.24, 2.45) is 0 Å². The molecule has 3 aromatic rings. The summed E-state index contributed by atoms with van der Waals surface area (Å²) in [5.74, 6) is 0.701. The van der Waals surface area contributed by atoms with Crippen molar-refractivity contribution >= 4 is 22.5 Å². The van der Waals surface area contributed by atoms with Crippen LogP contribution in [0.1, 0.15) is 18.4 Å². The van der Waals surface area contributed by atoms with Gasteiger partial charge in [0.15, 0.2) is 5.82 Å². The lowest BCUT2D eigenvalue weighted by molar-refractivity contribution is 0.120. The molecule has 1 aromatic carbocycles. The molecule has 108 valence electrons. The smallest absolute Gasteiger partial charge is 0.222 e. The number of hydrogen-bond donors (Lipinski definition) is 1. The Balaban J connectivity index is 1.76.